The predicted octanol–water partition coefficient (Wildman–Crippen LogP) is 3.72. The van der Waals surface area contributed by atoms with Crippen molar-refractivity contribution in [3.05, 3.63) is 56.1 Å². The minimum absolute atomic E-state index is 0.338. The molecule has 100 valence electrons. The third-order valence-corrected chi connectivity index (χ3v) is 4.00. The first kappa shape index (κ1) is 13.5. The molecule has 0 spiro atoms. The van der Waals surface area contributed by atoms with Crippen molar-refractivity contribution in [2.75, 3.05) is 4.90 Å². The van der Waals surface area contributed by atoms with Gasteiger partial charge >= 0.3 is 0 Å². The van der Waals surface area contributed by atoms with E-state index in [2.05, 4.69) is 36.8 Å². The van der Waals surface area contributed by atoms with Crippen molar-refractivity contribution in [3.8, 4) is 0 Å². The molecule has 0 bridgehead atoms. The van der Waals surface area contributed by atoms with Crippen LogP contribution in [-0.2, 0) is 0 Å². The third kappa shape index (κ3) is 1.99. The lowest BCUT2D eigenvalue weighted by Gasteiger charge is -2.15. The molecule has 1 aromatic carbocycles. The highest BCUT2D eigenvalue weighted by Gasteiger charge is 2.38. The number of hydrogen-bond donors (Lipinski definition) is 0. The number of anilines is 1. The van der Waals surface area contributed by atoms with Crippen molar-refractivity contribution in [2.45, 2.75) is 6.92 Å². The van der Waals surface area contributed by atoms with Crippen LogP contribution >= 0.6 is 31.9 Å². The summed E-state index contributed by atoms with van der Waals surface area (Å²) in [7, 11) is 0. The molecular weight excluding hydrogens is 388 g/mol. The van der Waals surface area contributed by atoms with E-state index < -0.39 is 0 Å². The maximum Gasteiger partial charge on any atom is 0.267 e. The van der Waals surface area contributed by atoms with Gasteiger partial charge in [-0.3, -0.25) is 9.59 Å². The van der Waals surface area contributed by atoms with Crippen molar-refractivity contribution in [2.24, 2.45) is 0 Å². The number of halogens is 2. The van der Waals surface area contributed by atoms with Crippen LogP contribution in [-0.4, -0.2) is 16.8 Å². The summed E-state index contributed by atoms with van der Waals surface area (Å²) in [6.07, 6.45) is 1.57. The molecule has 2 aromatic rings. The zero-order valence-corrected chi connectivity index (χ0v) is 13.5. The Kier molecular flexibility index (Phi) is 3.22. The molecule has 3 rings (SSSR count). The van der Waals surface area contributed by atoms with Crippen molar-refractivity contribution < 1.29 is 9.59 Å². The van der Waals surface area contributed by atoms with E-state index in [1.807, 2.05) is 13.0 Å². The molecule has 0 aliphatic carbocycles. The van der Waals surface area contributed by atoms with Gasteiger partial charge in [-0.25, -0.2) is 9.88 Å². The monoisotopic (exact) mass is 394 g/mol. The second kappa shape index (κ2) is 4.79. The van der Waals surface area contributed by atoms with Gasteiger partial charge in [0.2, 0.25) is 0 Å². The summed E-state index contributed by atoms with van der Waals surface area (Å²) in [5, 5.41) is 0. The van der Waals surface area contributed by atoms with Crippen LogP contribution in [0.3, 0.4) is 0 Å². The Morgan fingerprint density at radius 2 is 1.70 bits per heavy atom. The lowest BCUT2D eigenvalue weighted by Crippen LogP contribution is -2.30. The number of rotatable bonds is 1. The number of aryl methyl sites for hydroxylation is 1. The van der Waals surface area contributed by atoms with E-state index in [1.165, 1.54) is 0 Å². The first-order valence-corrected chi connectivity index (χ1v) is 7.38. The minimum atomic E-state index is -0.343. The second-order valence-corrected chi connectivity index (χ2v) is 6.26. The first-order chi connectivity index (χ1) is 9.49. The molecule has 2 amide bonds. The Labute approximate surface area is 132 Å². The number of nitrogens with zero attached hydrogens (tertiary/aromatic N) is 2. The molecule has 1 aliphatic rings. The van der Waals surface area contributed by atoms with Gasteiger partial charge in [-0.2, -0.15) is 0 Å². The van der Waals surface area contributed by atoms with E-state index in [1.54, 1.807) is 24.4 Å². The zero-order chi connectivity index (χ0) is 14.4. The quantitative estimate of drug-likeness (QED) is 0.691. The summed E-state index contributed by atoms with van der Waals surface area (Å²) in [5.41, 5.74) is 1.56. The van der Waals surface area contributed by atoms with E-state index in [9.17, 15) is 9.59 Å². The molecule has 0 saturated carbocycles. The number of carbonyl (C=O) groups is 2. The molecule has 0 radical (unpaired) electrons. The topological polar surface area (TPSA) is 50.3 Å². The molecule has 0 atom stereocenters. The third-order valence-electron chi connectivity index (χ3n) is 3.08. The smallest absolute Gasteiger partial charge is 0.267 e. The predicted molar refractivity (Wildman–Crippen MR) is 82.0 cm³/mol. The number of hydrogen-bond acceptors (Lipinski definition) is 3. The number of carbonyl (C=O) groups excluding carboxylic acids is 2. The van der Waals surface area contributed by atoms with Crippen molar-refractivity contribution >= 4 is 49.5 Å². The molecule has 2 heterocycles. The molecule has 0 fully saturated rings. The summed E-state index contributed by atoms with van der Waals surface area (Å²) < 4.78 is 1.57. The molecule has 0 saturated heterocycles. The lowest BCUT2D eigenvalue weighted by atomic mass is 10.1. The molecule has 20 heavy (non-hydrogen) atoms. The first-order valence-electron chi connectivity index (χ1n) is 5.79. The van der Waals surface area contributed by atoms with Crippen LogP contribution in [0.25, 0.3) is 0 Å². The van der Waals surface area contributed by atoms with E-state index >= 15 is 0 Å². The fraction of sp³-hybridized carbons (Fsp3) is 0.0714. The average Bonchev–Trinajstić information content (AvgIpc) is 2.63. The van der Waals surface area contributed by atoms with Crippen LogP contribution in [0.1, 0.15) is 26.3 Å². The van der Waals surface area contributed by atoms with Gasteiger partial charge in [-0.15, -0.1) is 0 Å². The maximum atomic E-state index is 12.4. The molecule has 6 heteroatoms. The average molecular weight is 396 g/mol. The molecule has 1 aliphatic heterocycles. The van der Waals surface area contributed by atoms with Crippen LogP contribution in [0, 0.1) is 6.92 Å². The number of benzene rings is 1. The fourth-order valence-corrected chi connectivity index (χ4v) is 2.98. The van der Waals surface area contributed by atoms with Crippen LogP contribution in [0.4, 0.5) is 5.82 Å². The highest BCUT2D eigenvalue weighted by atomic mass is 79.9. The van der Waals surface area contributed by atoms with Gasteiger partial charge in [0.25, 0.3) is 11.8 Å². The van der Waals surface area contributed by atoms with Crippen LogP contribution in [0.15, 0.2) is 39.4 Å². The van der Waals surface area contributed by atoms with E-state index in [-0.39, 0.29) is 11.8 Å². The Morgan fingerprint density at radius 3 is 2.40 bits per heavy atom. The van der Waals surface area contributed by atoms with Gasteiger partial charge in [0.15, 0.2) is 0 Å². The molecule has 0 unspecified atom stereocenters. The van der Waals surface area contributed by atoms with Crippen LogP contribution in [0.2, 0.25) is 0 Å². The fourth-order valence-electron chi connectivity index (χ4n) is 2.17. The maximum absolute atomic E-state index is 12.4. The standard InChI is InChI=1S/C14H8Br2N2O2/c1-7-4-9(16)6-17-12(7)18-13(19)10-3-2-8(15)5-11(10)14(18)20/h2-6H,1H3. The SMILES string of the molecule is Cc1cc(Br)cnc1N1C(=O)c2ccc(Br)cc2C1=O. The Hall–Kier alpha value is -1.53. The van der Waals surface area contributed by atoms with Crippen LogP contribution < -0.4 is 4.90 Å². The Bertz CT molecular complexity index is 759. The summed E-state index contributed by atoms with van der Waals surface area (Å²) >= 11 is 6.62. The van der Waals surface area contributed by atoms with Gasteiger partial charge in [0.05, 0.1) is 11.1 Å². The zero-order valence-electron chi connectivity index (χ0n) is 10.4. The van der Waals surface area contributed by atoms with Gasteiger partial charge in [0.1, 0.15) is 5.82 Å². The van der Waals surface area contributed by atoms with E-state index in [0.717, 1.165) is 19.4 Å². The number of amides is 2. The summed E-state index contributed by atoms with van der Waals surface area (Å²) in [4.78, 5) is 30.1. The second-order valence-electron chi connectivity index (χ2n) is 4.43. The number of fused-ring (bicyclic) bond motifs is 1. The summed E-state index contributed by atoms with van der Waals surface area (Å²) in [6, 6.07) is 6.87. The Balaban J connectivity index is 2.14. The molecule has 4 nitrogen and oxygen atoms in total. The molecular formula is C14H8Br2N2O2. The summed E-state index contributed by atoms with van der Waals surface area (Å²) in [5.74, 6) is -0.310. The Morgan fingerprint density at radius 1 is 1.00 bits per heavy atom. The van der Waals surface area contributed by atoms with Gasteiger partial charge in [-0.05, 0) is 52.7 Å². The summed E-state index contributed by atoms with van der Waals surface area (Å²) in [6.45, 7) is 1.81. The number of imide groups is 1. The van der Waals surface area contributed by atoms with Crippen molar-refractivity contribution in [3.63, 3.8) is 0 Å². The highest BCUT2D eigenvalue weighted by molar-refractivity contribution is 9.10. The van der Waals surface area contributed by atoms with Crippen molar-refractivity contribution in [1.29, 1.82) is 0 Å². The van der Waals surface area contributed by atoms with Gasteiger partial charge < -0.3 is 0 Å². The molecule has 1 aromatic heterocycles. The van der Waals surface area contributed by atoms with Gasteiger partial charge in [-0.1, -0.05) is 15.9 Å². The number of pyridine rings is 1. The molecule has 0 N–H and O–H groups in total. The van der Waals surface area contributed by atoms with Gasteiger partial charge in [0, 0.05) is 15.1 Å². The van der Waals surface area contributed by atoms with E-state index in [0.29, 0.717) is 16.9 Å². The lowest BCUT2D eigenvalue weighted by molar-refractivity contribution is 0.0925. The minimum Gasteiger partial charge on any atom is -0.268 e. The largest absolute Gasteiger partial charge is 0.268 e. The van der Waals surface area contributed by atoms with E-state index in [4.69, 9.17) is 0 Å². The normalized spacial score (nSPS) is 13.8. The van der Waals surface area contributed by atoms with Crippen LogP contribution in [0.5, 0.6) is 0 Å². The van der Waals surface area contributed by atoms with Crippen molar-refractivity contribution in [1.82, 2.24) is 4.98 Å². The highest BCUT2D eigenvalue weighted by Crippen LogP contribution is 2.31. The number of aromatic nitrogens is 1.